The van der Waals surface area contributed by atoms with E-state index in [0.29, 0.717) is 13.0 Å². The van der Waals surface area contributed by atoms with Crippen molar-refractivity contribution in [2.45, 2.75) is 25.6 Å². The lowest BCUT2D eigenvalue weighted by atomic mass is 10.2. The van der Waals surface area contributed by atoms with E-state index in [2.05, 4.69) is 5.32 Å². The molecule has 13 heavy (non-hydrogen) atoms. The number of nitrogens with zero attached hydrogens (tertiary/aromatic N) is 1. The van der Waals surface area contributed by atoms with Crippen molar-refractivity contribution in [3.8, 4) is 0 Å². The fourth-order valence-corrected chi connectivity index (χ4v) is 1.34. The lowest BCUT2D eigenvalue weighted by Crippen LogP contribution is -2.41. The van der Waals surface area contributed by atoms with Gasteiger partial charge in [0.05, 0.1) is 6.04 Å². The molecule has 3 nitrogen and oxygen atoms in total. The fraction of sp³-hybridized carbons (Fsp3) is 0.857. The van der Waals surface area contributed by atoms with Gasteiger partial charge in [-0.1, -0.05) is 6.92 Å². The Labute approximate surface area is 73.9 Å². The number of nitrogens with one attached hydrogen (secondary N) is 1. The molecule has 2 amide bonds. The van der Waals surface area contributed by atoms with Gasteiger partial charge in [0.1, 0.15) is 6.54 Å². The van der Waals surface area contributed by atoms with Gasteiger partial charge in [0.15, 0.2) is 0 Å². The SMILES string of the molecule is CC[C@H]1CNC(=O)N1CC(F)(F)F. The maximum absolute atomic E-state index is 12.0. The largest absolute Gasteiger partial charge is 0.406 e. The summed E-state index contributed by atoms with van der Waals surface area (Å²) in [5.74, 6) is 0. The Bertz CT molecular complexity index is 204. The average Bonchev–Trinajstić information content (AvgIpc) is 2.30. The molecule has 0 spiro atoms. The minimum Gasteiger partial charge on any atom is -0.336 e. The van der Waals surface area contributed by atoms with E-state index in [9.17, 15) is 18.0 Å². The third-order valence-corrected chi connectivity index (χ3v) is 2.01. The Kier molecular flexibility index (Phi) is 2.68. The van der Waals surface area contributed by atoms with Gasteiger partial charge < -0.3 is 10.2 Å². The van der Waals surface area contributed by atoms with Crippen molar-refractivity contribution in [1.29, 1.82) is 0 Å². The number of hydrogen-bond acceptors (Lipinski definition) is 1. The van der Waals surface area contributed by atoms with Crippen molar-refractivity contribution in [3.05, 3.63) is 0 Å². The molecule has 0 radical (unpaired) electrons. The van der Waals surface area contributed by atoms with E-state index in [1.54, 1.807) is 6.92 Å². The quantitative estimate of drug-likeness (QED) is 0.710. The van der Waals surface area contributed by atoms with E-state index < -0.39 is 18.8 Å². The Morgan fingerprint density at radius 3 is 2.69 bits per heavy atom. The van der Waals surface area contributed by atoms with Gasteiger partial charge in [0, 0.05) is 6.54 Å². The van der Waals surface area contributed by atoms with Crippen LogP contribution < -0.4 is 5.32 Å². The van der Waals surface area contributed by atoms with E-state index in [0.717, 1.165) is 4.90 Å². The molecule has 1 heterocycles. The topological polar surface area (TPSA) is 32.3 Å². The van der Waals surface area contributed by atoms with Crippen molar-refractivity contribution in [1.82, 2.24) is 10.2 Å². The molecule has 1 aliphatic heterocycles. The minimum absolute atomic E-state index is 0.311. The van der Waals surface area contributed by atoms with Gasteiger partial charge in [0.2, 0.25) is 0 Å². The predicted octanol–water partition coefficient (Wildman–Crippen LogP) is 1.35. The molecule has 0 aromatic carbocycles. The molecule has 6 heteroatoms. The first-order valence-electron chi connectivity index (χ1n) is 4.05. The maximum Gasteiger partial charge on any atom is 0.406 e. The van der Waals surface area contributed by atoms with Crippen LogP contribution in [0.25, 0.3) is 0 Å². The third-order valence-electron chi connectivity index (χ3n) is 2.01. The molecule has 1 N–H and O–H groups in total. The molecule has 0 saturated carbocycles. The monoisotopic (exact) mass is 196 g/mol. The van der Waals surface area contributed by atoms with Crippen LogP contribution in [-0.2, 0) is 0 Å². The van der Waals surface area contributed by atoms with Crippen LogP contribution in [0.1, 0.15) is 13.3 Å². The number of halogens is 3. The molecule has 0 aliphatic carbocycles. The highest BCUT2D eigenvalue weighted by molar-refractivity contribution is 5.76. The summed E-state index contributed by atoms with van der Waals surface area (Å²) < 4.78 is 35.9. The zero-order valence-electron chi connectivity index (χ0n) is 7.19. The highest BCUT2D eigenvalue weighted by atomic mass is 19.4. The number of urea groups is 1. The number of carbonyl (C=O) groups excluding carboxylic acids is 1. The van der Waals surface area contributed by atoms with E-state index >= 15 is 0 Å². The Hall–Kier alpha value is -0.940. The average molecular weight is 196 g/mol. The Morgan fingerprint density at radius 1 is 1.62 bits per heavy atom. The lowest BCUT2D eigenvalue weighted by molar-refractivity contribution is -0.141. The van der Waals surface area contributed by atoms with Gasteiger partial charge >= 0.3 is 12.2 Å². The van der Waals surface area contributed by atoms with Gasteiger partial charge in [-0.05, 0) is 6.42 Å². The summed E-state index contributed by atoms with van der Waals surface area (Å²) in [7, 11) is 0. The number of alkyl halides is 3. The van der Waals surface area contributed by atoms with Crippen molar-refractivity contribution in [2.75, 3.05) is 13.1 Å². The molecular weight excluding hydrogens is 185 g/mol. The van der Waals surface area contributed by atoms with E-state index in [4.69, 9.17) is 0 Å². The summed E-state index contributed by atoms with van der Waals surface area (Å²) in [4.78, 5) is 11.8. The first-order valence-corrected chi connectivity index (χ1v) is 4.05. The number of amides is 2. The van der Waals surface area contributed by atoms with Crippen LogP contribution in [0.3, 0.4) is 0 Å². The first kappa shape index (κ1) is 10.1. The van der Waals surface area contributed by atoms with Gasteiger partial charge in [-0.15, -0.1) is 0 Å². The van der Waals surface area contributed by atoms with E-state index in [-0.39, 0.29) is 6.04 Å². The summed E-state index contributed by atoms with van der Waals surface area (Å²) in [6, 6.07) is -0.946. The zero-order valence-corrected chi connectivity index (χ0v) is 7.19. The standard InChI is InChI=1S/C7H11F3N2O/c1-2-5-3-11-6(13)12(5)4-7(8,9)10/h5H,2-4H2,1H3,(H,11,13)/t5-/m0/s1. The number of rotatable bonds is 2. The molecule has 1 aliphatic rings. The summed E-state index contributed by atoms with van der Waals surface area (Å²) >= 11 is 0. The first-order chi connectivity index (χ1) is 5.94. The molecule has 0 aromatic rings. The molecule has 0 bridgehead atoms. The zero-order chi connectivity index (χ0) is 10.1. The molecule has 1 saturated heterocycles. The minimum atomic E-state index is -4.31. The van der Waals surface area contributed by atoms with Crippen LogP contribution in [-0.4, -0.2) is 36.2 Å². The van der Waals surface area contributed by atoms with Crippen LogP contribution >= 0.6 is 0 Å². The van der Waals surface area contributed by atoms with Crippen molar-refractivity contribution < 1.29 is 18.0 Å². The van der Waals surface area contributed by atoms with Crippen LogP contribution in [0.2, 0.25) is 0 Å². The molecular formula is C7H11F3N2O. The molecule has 1 atom stereocenters. The van der Waals surface area contributed by atoms with Gasteiger partial charge in [-0.2, -0.15) is 13.2 Å². The van der Waals surface area contributed by atoms with Crippen LogP contribution in [0.4, 0.5) is 18.0 Å². The number of hydrogen-bond donors (Lipinski definition) is 1. The van der Waals surface area contributed by atoms with Gasteiger partial charge in [-0.3, -0.25) is 0 Å². The second-order valence-corrected chi connectivity index (χ2v) is 2.99. The third kappa shape index (κ3) is 2.50. The molecule has 1 fully saturated rings. The molecule has 76 valence electrons. The van der Waals surface area contributed by atoms with Crippen LogP contribution in [0.15, 0.2) is 0 Å². The summed E-state index contributed by atoms with van der Waals surface area (Å²) in [6.45, 7) is 0.914. The molecule has 1 rings (SSSR count). The summed E-state index contributed by atoms with van der Waals surface area (Å²) in [6.07, 6.45) is -3.77. The second kappa shape index (κ2) is 3.43. The predicted molar refractivity (Wildman–Crippen MR) is 40.2 cm³/mol. The van der Waals surface area contributed by atoms with Gasteiger partial charge in [-0.25, -0.2) is 4.79 Å². The Morgan fingerprint density at radius 2 is 2.23 bits per heavy atom. The van der Waals surface area contributed by atoms with Crippen LogP contribution in [0, 0.1) is 0 Å². The highest BCUT2D eigenvalue weighted by Crippen LogP contribution is 2.20. The van der Waals surface area contributed by atoms with Crippen molar-refractivity contribution >= 4 is 6.03 Å². The Balaban J connectivity index is 2.60. The molecule has 0 unspecified atom stereocenters. The smallest absolute Gasteiger partial charge is 0.336 e. The lowest BCUT2D eigenvalue weighted by Gasteiger charge is -2.22. The maximum atomic E-state index is 12.0. The van der Waals surface area contributed by atoms with E-state index in [1.165, 1.54) is 0 Å². The second-order valence-electron chi connectivity index (χ2n) is 2.99. The highest BCUT2D eigenvalue weighted by Gasteiger charge is 2.38. The van der Waals surface area contributed by atoms with Crippen molar-refractivity contribution in [2.24, 2.45) is 0 Å². The van der Waals surface area contributed by atoms with Crippen LogP contribution in [0.5, 0.6) is 0 Å². The van der Waals surface area contributed by atoms with E-state index in [1.807, 2.05) is 0 Å². The summed E-state index contributed by atoms with van der Waals surface area (Å²) in [5, 5.41) is 2.38. The molecule has 0 aromatic heterocycles. The fourth-order valence-electron chi connectivity index (χ4n) is 1.34. The number of carbonyl (C=O) groups is 1. The van der Waals surface area contributed by atoms with Gasteiger partial charge in [0.25, 0.3) is 0 Å². The summed E-state index contributed by atoms with van der Waals surface area (Å²) in [5.41, 5.74) is 0. The normalized spacial score (nSPS) is 23.5. The van der Waals surface area contributed by atoms with Crippen molar-refractivity contribution in [3.63, 3.8) is 0 Å².